The third kappa shape index (κ3) is 5.96. The molecule has 0 N–H and O–H groups in total. The summed E-state index contributed by atoms with van der Waals surface area (Å²) in [7, 11) is 0. The van der Waals surface area contributed by atoms with Gasteiger partial charge in [-0.1, -0.05) is 42.1 Å². The first kappa shape index (κ1) is 23.4. The number of amides is 1. The Bertz CT molecular complexity index is 1030. The fraction of sp³-hybridized carbons (Fsp3) is 0.423. The number of thioether (sulfide) groups is 1. The minimum Gasteiger partial charge on any atom is -0.411 e. The quantitative estimate of drug-likeness (QED) is 0.349. The van der Waals surface area contributed by atoms with Gasteiger partial charge in [0, 0.05) is 36.9 Å². The number of anilines is 1. The van der Waals surface area contributed by atoms with Crippen molar-refractivity contribution in [2.45, 2.75) is 51.4 Å². The van der Waals surface area contributed by atoms with Gasteiger partial charge in [-0.05, 0) is 69.4 Å². The first-order chi connectivity index (χ1) is 16.1. The molecule has 7 heteroatoms. The molecule has 1 fully saturated rings. The van der Waals surface area contributed by atoms with Gasteiger partial charge in [-0.15, -0.1) is 10.2 Å². The van der Waals surface area contributed by atoms with Crippen LogP contribution in [-0.4, -0.2) is 45.9 Å². The van der Waals surface area contributed by atoms with Gasteiger partial charge >= 0.3 is 0 Å². The van der Waals surface area contributed by atoms with Gasteiger partial charge in [0.2, 0.25) is 11.8 Å². The maximum absolute atomic E-state index is 13.1. The molecule has 1 amide bonds. The van der Waals surface area contributed by atoms with Crippen LogP contribution < -0.4 is 4.90 Å². The number of benzene rings is 2. The van der Waals surface area contributed by atoms with E-state index in [-0.39, 0.29) is 17.7 Å². The molecule has 174 valence electrons. The van der Waals surface area contributed by atoms with Crippen LogP contribution in [0.4, 0.5) is 5.69 Å². The van der Waals surface area contributed by atoms with E-state index in [1.165, 1.54) is 30.3 Å². The van der Waals surface area contributed by atoms with Gasteiger partial charge in [0.25, 0.3) is 5.22 Å². The zero-order valence-corrected chi connectivity index (χ0v) is 20.4. The summed E-state index contributed by atoms with van der Waals surface area (Å²) in [5, 5.41) is 8.77. The predicted octanol–water partition coefficient (Wildman–Crippen LogP) is 5.50. The van der Waals surface area contributed by atoms with Gasteiger partial charge in [-0.25, -0.2) is 0 Å². The number of nitrogens with zero attached hydrogens (tertiary/aromatic N) is 4. The first-order valence-electron chi connectivity index (χ1n) is 11.7. The van der Waals surface area contributed by atoms with E-state index in [9.17, 15) is 4.79 Å². The molecule has 1 heterocycles. The molecule has 3 aromatic rings. The molecule has 0 radical (unpaired) electrons. The molecule has 1 aliphatic carbocycles. The molecule has 1 aliphatic rings. The van der Waals surface area contributed by atoms with Gasteiger partial charge in [-0.2, -0.15) is 0 Å². The largest absolute Gasteiger partial charge is 0.411 e. The normalized spacial score (nSPS) is 14.2. The highest BCUT2D eigenvalue weighted by Crippen LogP contribution is 2.36. The van der Waals surface area contributed by atoms with Crippen molar-refractivity contribution in [3.8, 4) is 11.5 Å². The Labute approximate surface area is 200 Å². The minimum atomic E-state index is 0.103. The first-order valence-corrected chi connectivity index (χ1v) is 12.7. The van der Waals surface area contributed by atoms with Crippen molar-refractivity contribution < 1.29 is 9.21 Å². The molecule has 6 nitrogen and oxygen atoms in total. The van der Waals surface area contributed by atoms with Crippen molar-refractivity contribution in [1.29, 1.82) is 0 Å². The zero-order chi connectivity index (χ0) is 23.2. The summed E-state index contributed by atoms with van der Waals surface area (Å²) in [6, 6.07) is 18.6. The average Bonchev–Trinajstić information content (AvgIpc) is 3.60. The maximum Gasteiger partial charge on any atom is 0.277 e. The zero-order valence-electron chi connectivity index (χ0n) is 19.6. The van der Waals surface area contributed by atoms with Crippen LogP contribution >= 0.6 is 11.8 Å². The third-order valence-electron chi connectivity index (χ3n) is 6.28. The Hall–Kier alpha value is -2.80. The molecule has 2 aromatic carbocycles. The summed E-state index contributed by atoms with van der Waals surface area (Å²) >= 11 is 1.31. The van der Waals surface area contributed by atoms with Crippen LogP contribution in [0, 0.1) is 5.92 Å². The third-order valence-corrected chi connectivity index (χ3v) is 7.08. The minimum absolute atomic E-state index is 0.103. The fourth-order valence-electron chi connectivity index (χ4n) is 4.07. The predicted molar refractivity (Wildman–Crippen MR) is 133 cm³/mol. The van der Waals surface area contributed by atoms with Crippen LogP contribution in [0.2, 0.25) is 0 Å². The molecule has 0 aliphatic heterocycles. The van der Waals surface area contributed by atoms with Crippen molar-refractivity contribution in [1.82, 2.24) is 15.1 Å². The Morgan fingerprint density at radius 2 is 1.76 bits per heavy atom. The van der Waals surface area contributed by atoms with E-state index in [4.69, 9.17) is 4.42 Å². The lowest BCUT2D eigenvalue weighted by Gasteiger charge is -2.29. The molecule has 1 unspecified atom stereocenters. The topological polar surface area (TPSA) is 62.5 Å². The lowest BCUT2D eigenvalue weighted by molar-refractivity contribution is -0.131. The lowest BCUT2D eigenvalue weighted by Crippen LogP contribution is -2.40. The summed E-state index contributed by atoms with van der Waals surface area (Å²) in [5.74, 6) is 1.47. The van der Waals surface area contributed by atoms with Crippen molar-refractivity contribution in [2.24, 2.45) is 5.92 Å². The number of hydrogen-bond acceptors (Lipinski definition) is 6. The van der Waals surface area contributed by atoms with Crippen LogP contribution in [0.25, 0.3) is 11.5 Å². The van der Waals surface area contributed by atoms with Crippen LogP contribution in [0.5, 0.6) is 0 Å². The highest BCUT2D eigenvalue weighted by molar-refractivity contribution is 7.99. The van der Waals surface area contributed by atoms with E-state index in [1.807, 2.05) is 35.2 Å². The van der Waals surface area contributed by atoms with Gasteiger partial charge in [-0.3, -0.25) is 4.79 Å². The molecule has 33 heavy (non-hydrogen) atoms. The summed E-state index contributed by atoms with van der Waals surface area (Å²) in [4.78, 5) is 17.4. The van der Waals surface area contributed by atoms with Crippen LogP contribution in [0.3, 0.4) is 0 Å². The van der Waals surface area contributed by atoms with E-state index >= 15 is 0 Å². The number of rotatable bonds is 11. The molecular formula is C26H32N4O2S. The Morgan fingerprint density at radius 3 is 2.39 bits per heavy atom. The van der Waals surface area contributed by atoms with Crippen LogP contribution in [0.15, 0.2) is 64.2 Å². The van der Waals surface area contributed by atoms with E-state index in [0.717, 1.165) is 24.2 Å². The Balaban J connectivity index is 1.38. The molecule has 0 spiro atoms. The smallest absolute Gasteiger partial charge is 0.277 e. The highest BCUT2D eigenvalue weighted by atomic mass is 32.2. The monoisotopic (exact) mass is 464 g/mol. The molecule has 4 rings (SSSR count). The van der Waals surface area contributed by atoms with Gasteiger partial charge in [0.05, 0.1) is 5.75 Å². The number of aromatic nitrogens is 2. The number of carbonyl (C=O) groups excluding carboxylic acids is 1. The summed E-state index contributed by atoms with van der Waals surface area (Å²) < 4.78 is 5.85. The summed E-state index contributed by atoms with van der Waals surface area (Å²) in [6.45, 7) is 9.01. The van der Waals surface area contributed by atoms with E-state index in [0.29, 0.717) is 23.6 Å². The molecule has 1 saturated carbocycles. The van der Waals surface area contributed by atoms with E-state index < -0.39 is 0 Å². The second kappa shape index (κ2) is 10.9. The van der Waals surface area contributed by atoms with E-state index in [2.05, 4.69) is 60.1 Å². The maximum atomic E-state index is 13.1. The second-order valence-electron chi connectivity index (χ2n) is 8.47. The Kier molecular flexibility index (Phi) is 7.70. The van der Waals surface area contributed by atoms with Crippen molar-refractivity contribution in [3.05, 3.63) is 60.2 Å². The average molecular weight is 465 g/mol. The molecule has 0 bridgehead atoms. The van der Waals surface area contributed by atoms with Crippen molar-refractivity contribution in [2.75, 3.05) is 23.7 Å². The van der Waals surface area contributed by atoms with Gasteiger partial charge in [0.15, 0.2) is 0 Å². The van der Waals surface area contributed by atoms with Crippen LogP contribution in [-0.2, 0) is 11.3 Å². The Morgan fingerprint density at radius 1 is 1.06 bits per heavy atom. The van der Waals surface area contributed by atoms with Crippen LogP contribution in [0.1, 0.15) is 39.2 Å². The summed E-state index contributed by atoms with van der Waals surface area (Å²) in [5.41, 5.74) is 3.20. The fourth-order valence-corrected chi connectivity index (χ4v) is 4.72. The molecule has 0 saturated heterocycles. The highest BCUT2D eigenvalue weighted by Gasteiger charge is 2.34. The van der Waals surface area contributed by atoms with E-state index in [1.54, 1.807) is 0 Å². The SMILES string of the molecule is CCN(CC)c1ccc(-c2nnc(SCC(=O)N(Cc3ccccc3)C(C)C3CC3)o2)cc1. The number of carbonyl (C=O) groups is 1. The molecule has 1 atom stereocenters. The van der Waals surface area contributed by atoms with Gasteiger partial charge < -0.3 is 14.2 Å². The standard InChI is InChI=1S/C26H32N4O2S/c1-4-29(5-2)23-15-13-22(14-16-23)25-27-28-26(32-25)33-18-24(31)30(19(3)21-11-12-21)17-20-9-7-6-8-10-20/h6-10,13-16,19,21H,4-5,11-12,17-18H2,1-3H3. The van der Waals surface area contributed by atoms with Crippen molar-refractivity contribution >= 4 is 23.4 Å². The molecule has 1 aromatic heterocycles. The summed E-state index contributed by atoms with van der Waals surface area (Å²) in [6.07, 6.45) is 2.40. The van der Waals surface area contributed by atoms with Gasteiger partial charge in [0.1, 0.15) is 0 Å². The lowest BCUT2D eigenvalue weighted by atomic mass is 10.1. The second-order valence-corrected chi connectivity index (χ2v) is 9.39. The number of hydrogen-bond donors (Lipinski definition) is 0. The molecular weight excluding hydrogens is 432 g/mol. The van der Waals surface area contributed by atoms with Crippen molar-refractivity contribution in [3.63, 3.8) is 0 Å².